The van der Waals surface area contributed by atoms with Gasteiger partial charge in [-0.25, -0.2) is 13.4 Å². The second-order valence-electron chi connectivity index (χ2n) is 6.62. The first-order chi connectivity index (χ1) is 12.3. The molecule has 7 nitrogen and oxygen atoms in total. The van der Waals surface area contributed by atoms with Crippen LogP contribution in [0.15, 0.2) is 40.2 Å². The molecule has 26 heavy (non-hydrogen) atoms. The van der Waals surface area contributed by atoms with Crippen molar-refractivity contribution in [3.63, 3.8) is 0 Å². The Hall–Kier alpha value is -2.19. The average molecular weight is 377 g/mol. The quantitative estimate of drug-likeness (QED) is 0.840. The van der Waals surface area contributed by atoms with Crippen LogP contribution in [-0.4, -0.2) is 49.0 Å². The Kier molecular flexibility index (Phi) is 5.15. The lowest BCUT2D eigenvalue weighted by Crippen LogP contribution is -2.32. The van der Waals surface area contributed by atoms with E-state index >= 15 is 0 Å². The van der Waals surface area contributed by atoms with Crippen LogP contribution in [0.1, 0.15) is 13.3 Å². The monoisotopic (exact) mass is 377 g/mol. The summed E-state index contributed by atoms with van der Waals surface area (Å²) in [6.07, 6.45) is 3.69. The molecule has 0 bridgehead atoms. The Morgan fingerprint density at radius 3 is 2.50 bits per heavy atom. The molecule has 1 fully saturated rings. The fourth-order valence-electron chi connectivity index (χ4n) is 3.15. The highest BCUT2D eigenvalue weighted by Gasteiger charge is 2.25. The van der Waals surface area contributed by atoms with E-state index in [0.29, 0.717) is 31.1 Å². The van der Waals surface area contributed by atoms with Gasteiger partial charge in [-0.1, -0.05) is 12.1 Å². The van der Waals surface area contributed by atoms with Crippen molar-refractivity contribution in [2.24, 2.45) is 5.92 Å². The molecule has 2 heterocycles. The van der Waals surface area contributed by atoms with Gasteiger partial charge in [0.25, 0.3) is 5.56 Å². The van der Waals surface area contributed by atoms with Crippen LogP contribution < -0.4 is 10.5 Å². The molecule has 1 aromatic carbocycles. The van der Waals surface area contributed by atoms with Crippen molar-refractivity contribution < 1.29 is 13.5 Å². The topological polar surface area (TPSA) is 92.5 Å². The fourth-order valence-corrected chi connectivity index (χ4v) is 3.78. The smallest absolute Gasteiger partial charge is 0.293 e. The van der Waals surface area contributed by atoms with Gasteiger partial charge in [-0.05, 0) is 25.5 Å². The van der Waals surface area contributed by atoms with E-state index in [1.54, 1.807) is 35.0 Å². The average Bonchev–Trinajstić information content (AvgIpc) is 3.10. The van der Waals surface area contributed by atoms with Crippen LogP contribution in [0.25, 0.3) is 11.3 Å². The molecular weight excluding hydrogens is 354 g/mol. The SMILES string of the molecule is CCn1cc(-c2ccc(S(C)(=O)=O)cc2)nc(N2CC[C@@H](CO)C2)c1=O. The number of hydrogen-bond acceptors (Lipinski definition) is 6. The number of aryl methyl sites for hydroxylation is 1. The van der Waals surface area contributed by atoms with Crippen molar-refractivity contribution in [1.29, 1.82) is 0 Å². The molecular formula is C18H23N3O4S. The lowest BCUT2D eigenvalue weighted by atomic mass is 10.1. The third-order valence-corrected chi connectivity index (χ3v) is 5.85. The molecule has 1 aliphatic heterocycles. The summed E-state index contributed by atoms with van der Waals surface area (Å²) < 4.78 is 24.9. The maximum Gasteiger partial charge on any atom is 0.293 e. The van der Waals surface area contributed by atoms with Crippen LogP contribution in [0, 0.1) is 5.92 Å². The molecule has 1 aliphatic rings. The number of aliphatic hydroxyl groups is 1. The molecule has 0 radical (unpaired) electrons. The molecule has 0 aliphatic carbocycles. The highest BCUT2D eigenvalue weighted by Crippen LogP contribution is 2.24. The zero-order valence-corrected chi connectivity index (χ0v) is 15.7. The number of benzene rings is 1. The molecule has 0 saturated carbocycles. The van der Waals surface area contributed by atoms with E-state index in [1.165, 1.54) is 6.26 Å². The predicted octanol–water partition coefficient (Wildman–Crippen LogP) is 1.15. The van der Waals surface area contributed by atoms with E-state index < -0.39 is 9.84 Å². The van der Waals surface area contributed by atoms with E-state index in [4.69, 9.17) is 0 Å². The van der Waals surface area contributed by atoms with Gasteiger partial charge >= 0.3 is 0 Å². The van der Waals surface area contributed by atoms with E-state index in [0.717, 1.165) is 12.0 Å². The number of sulfone groups is 1. The number of aromatic nitrogens is 2. The fraction of sp³-hybridized carbons (Fsp3) is 0.444. The zero-order chi connectivity index (χ0) is 18.9. The number of aliphatic hydroxyl groups excluding tert-OH is 1. The van der Waals surface area contributed by atoms with Crippen LogP contribution >= 0.6 is 0 Å². The first-order valence-corrected chi connectivity index (χ1v) is 10.5. The highest BCUT2D eigenvalue weighted by molar-refractivity contribution is 7.90. The summed E-state index contributed by atoms with van der Waals surface area (Å²) >= 11 is 0. The van der Waals surface area contributed by atoms with Gasteiger partial charge in [-0.15, -0.1) is 0 Å². The van der Waals surface area contributed by atoms with Crippen molar-refractivity contribution in [3.8, 4) is 11.3 Å². The molecule has 0 unspecified atom stereocenters. The third kappa shape index (κ3) is 3.66. The summed E-state index contributed by atoms with van der Waals surface area (Å²) in [7, 11) is -3.26. The van der Waals surface area contributed by atoms with Gasteiger partial charge in [-0.3, -0.25) is 4.79 Å². The Morgan fingerprint density at radius 1 is 1.27 bits per heavy atom. The standard InChI is InChI=1S/C18H23N3O4S/c1-3-20-11-16(14-4-6-15(7-5-14)26(2,24)25)19-17(18(20)23)21-9-8-13(10-21)12-22/h4-7,11,13,22H,3,8-10,12H2,1-2H3/t13-/m1/s1. The Labute approximate surface area is 152 Å². The van der Waals surface area contributed by atoms with Crippen molar-refractivity contribution in [3.05, 3.63) is 40.8 Å². The third-order valence-electron chi connectivity index (χ3n) is 4.72. The van der Waals surface area contributed by atoms with Gasteiger partial charge in [0, 0.05) is 50.2 Å². The highest BCUT2D eigenvalue weighted by atomic mass is 32.2. The molecule has 1 N–H and O–H groups in total. The number of anilines is 1. The first kappa shape index (κ1) is 18.6. The van der Waals surface area contributed by atoms with Crippen molar-refractivity contribution >= 4 is 15.7 Å². The minimum atomic E-state index is -3.26. The summed E-state index contributed by atoms with van der Waals surface area (Å²) in [5.74, 6) is 0.538. The first-order valence-electron chi connectivity index (χ1n) is 8.61. The minimum absolute atomic E-state index is 0.102. The second kappa shape index (κ2) is 7.20. The maximum atomic E-state index is 12.7. The van der Waals surface area contributed by atoms with E-state index in [-0.39, 0.29) is 23.0 Å². The lowest BCUT2D eigenvalue weighted by molar-refractivity contribution is 0.238. The Morgan fingerprint density at radius 2 is 1.96 bits per heavy atom. The molecule has 1 atom stereocenters. The van der Waals surface area contributed by atoms with Gasteiger partial charge in [0.2, 0.25) is 0 Å². The van der Waals surface area contributed by atoms with E-state index in [2.05, 4.69) is 4.98 Å². The zero-order valence-electron chi connectivity index (χ0n) is 14.9. The minimum Gasteiger partial charge on any atom is -0.396 e. The number of rotatable bonds is 5. The Balaban J connectivity index is 2.03. The van der Waals surface area contributed by atoms with Gasteiger partial charge in [0.05, 0.1) is 10.6 Å². The Bertz CT molecular complexity index is 951. The van der Waals surface area contributed by atoms with Gasteiger partial charge < -0.3 is 14.6 Å². The summed E-state index contributed by atoms with van der Waals surface area (Å²) in [4.78, 5) is 19.4. The molecule has 1 aromatic heterocycles. The van der Waals surface area contributed by atoms with E-state index in [9.17, 15) is 18.3 Å². The van der Waals surface area contributed by atoms with Crippen molar-refractivity contribution in [2.45, 2.75) is 24.8 Å². The molecule has 0 amide bonds. The molecule has 3 rings (SSSR count). The van der Waals surface area contributed by atoms with E-state index in [1.807, 2.05) is 11.8 Å². The second-order valence-corrected chi connectivity index (χ2v) is 8.64. The molecule has 8 heteroatoms. The predicted molar refractivity (Wildman–Crippen MR) is 100 cm³/mol. The van der Waals surface area contributed by atoms with Crippen LogP contribution in [0.4, 0.5) is 5.82 Å². The van der Waals surface area contributed by atoms with Crippen molar-refractivity contribution in [2.75, 3.05) is 30.9 Å². The van der Waals surface area contributed by atoms with Crippen LogP contribution in [0.5, 0.6) is 0 Å². The van der Waals surface area contributed by atoms with Crippen LogP contribution in [0.3, 0.4) is 0 Å². The normalized spacial score (nSPS) is 17.7. The van der Waals surface area contributed by atoms with Gasteiger partial charge in [0.15, 0.2) is 15.7 Å². The van der Waals surface area contributed by atoms with Crippen LogP contribution in [0.2, 0.25) is 0 Å². The largest absolute Gasteiger partial charge is 0.396 e. The molecule has 1 saturated heterocycles. The number of hydrogen-bond donors (Lipinski definition) is 1. The summed E-state index contributed by atoms with van der Waals surface area (Å²) in [6, 6.07) is 6.50. The van der Waals surface area contributed by atoms with Gasteiger partial charge in [0.1, 0.15) is 0 Å². The molecule has 2 aromatic rings. The summed E-state index contributed by atoms with van der Waals surface area (Å²) in [5, 5.41) is 9.35. The maximum absolute atomic E-state index is 12.7. The lowest BCUT2D eigenvalue weighted by Gasteiger charge is -2.19. The number of nitrogens with zero attached hydrogens (tertiary/aromatic N) is 3. The summed E-state index contributed by atoms with van der Waals surface area (Å²) in [5.41, 5.74) is 1.22. The molecule has 0 spiro atoms. The van der Waals surface area contributed by atoms with Crippen molar-refractivity contribution in [1.82, 2.24) is 9.55 Å². The van der Waals surface area contributed by atoms with Crippen LogP contribution in [-0.2, 0) is 16.4 Å². The molecule has 140 valence electrons. The van der Waals surface area contributed by atoms with Gasteiger partial charge in [-0.2, -0.15) is 0 Å². The summed E-state index contributed by atoms with van der Waals surface area (Å²) in [6.45, 7) is 3.81.